The number of nitrogens with zero attached hydrogens (tertiary/aromatic N) is 3. The number of carboxylic acid groups (broad SMARTS) is 1. The zero-order chi connectivity index (χ0) is 20.7. The van der Waals surface area contributed by atoms with Crippen LogP contribution in [-0.2, 0) is 19.1 Å². The first-order chi connectivity index (χ1) is 13.0. The molecule has 0 bridgehead atoms. The largest absolute Gasteiger partial charge is 0.481 e. The number of carbonyl (C=O) groups excluding carboxylic acids is 2. The maximum atomic E-state index is 12.7. The SMILES string of the molecule is CC(C)C(=O)N1CC2COCCN2C2(CN(C(=O)CC(C)(C)CC(=O)O)C2)C1. The monoisotopic (exact) mass is 395 g/mol. The minimum Gasteiger partial charge on any atom is -0.481 e. The molecule has 3 rings (SSSR count). The second-order valence-corrected chi connectivity index (χ2v) is 9.68. The van der Waals surface area contributed by atoms with Crippen LogP contribution in [0.1, 0.15) is 40.5 Å². The maximum absolute atomic E-state index is 12.7. The number of rotatable bonds is 5. The third kappa shape index (κ3) is 4.17. The van der Waals surface area contributed by atoms with Crippen LogP contribution < -0.4 is 0 Å². The second-order valence-electron chi connectivity index (χ2n) is 9.68. The molecule has 28 heavy (non-hydrogen) atoms. The molecule has 158 valence electrons. The van der Waals surface area contributed by atoms with Gasteiger partial charge in [-0.15, -0.1) is 0 Å². The summed E-state index contributed by atoms with van der Waals surface area (Å²) in [5.74, 6) is -0.794. The molecule has 1 atom stereocenters. The smallest absolute Gasteiger partial charge is 0.303 e. The lowest BCUT2D eigenvalue weighted by Gasteiger charge is -2.63. The van der Waals surface area contributed by atoms with Crippen LogP contribution in [0.5, 0.6) is 0 Å². The van der Waals surface area contributed by atoms with Crippen molar-refractivity contribution in [3.63, 3.8) is 0 Å². The molecule has 1 spiro atoms. The van der Waals surface area contributed by atoms with Crippen LogP contribution in [-0.4, -0.2) is 95.1 Å². The number of carboxylic acids is 1. The Morgan fingerprint density at radius 1 is 1.14 bits per heavy atom. The summed E-state index contributed by atoms with van der Waals surface area (Å²) in [6, 6.07) is 0.172. The van der Waals surface area contributed by atoms with Gasteiger partial charge in [-0.2, -0.15) is 0 Å². The third-order valence-electron chi connectivity index (χ3n) is 6.14. The van der Waals surface area contributed by atoms with E-state index in [-0.39, 0.29) is 42.2 Å². The van der Waals surface area contributed by atoms with E-state index in [1.165, 1.54) is 0 Å². The molecule has 8 heteroatoms. The van der Waals surface area contributed by atoms with E-state index in [9.17, 15) is 14.4 Å². The molecule has 3 fully saturated rings. The molecule has 0 aromatic rings. The first-order valence-electron chi connectivity index (χ1n) is 10.2. The van der Waals surface area contributed by atoms with Gasteiger partial charge in [-0.25, -0.2) is 0 Å². The lowest BCUT2D eigenvalue weighted by molar-refractivity contribution is -0.183. The lowest BCUT2D eigenvalue weighted by atomic mass is 9.80. The van der Waals surface area contributed by atoms with Gasteiger partial charge < -0.3 is 19.6 Å². The molecule has 0 radical (unpaired) electrons. The number of piperazine rings is 1. The van der Waals surface area contributed by atoms with Gasteiger partial charge in [0.15, 0.2) is 0 Å². The molecular formula is C20H33N3O5. The molecule has 1 N–H and O–H groups in total. The Bertz CT molecular complexity index is 642. The lowest BCUT2D eigenvalue weighted by Crippen LogP contribution is -2.81. The summed E-state index contributed by atoms with van der Waals surface area (Å²) < 4.78 is 5.65. The van der Waals surface area contributed by atoms with Crippen LogP contribution in [0.15, 0.2) is 0 Å². The number of aliphatic carboxylic acids is 1. The van der Waals surface area contributed by atoms with E-state index in [4.69, 9.17) is 9.84 Å². The molecule has 0 aliphatic carbocycles. The van der Waals surface area contributed by atoms with Crippen LogP contribution in [0.3, 0.4) is 0 Å². The van der Waals surface area contributed by atoms with Crippen molar-refractivity contribution in [2.24, 2.45) is 11.3 Å². The van der Waals surface area contributed by atoms with Crippen molar-refractivity contribution in [1.82, 2.24) is 14.7 Å². The van der Waals surface area contributed by atoms with Crippen LogP contribution in [0.2, 0.25) is 0 Å². The van der Waals surface area contributed by atoms with Crippen molar-refractivity contribution >= 4 is 17.8 Å². The highest BCUT2D eigenvalue weighted by atomic mass is 16.5. The van der Waals surface area contributed by atoms with E-state index >= 15 is 0 Å². The van der Waals surface area contributed by atoms with Crippen LogP contribution in [0.25, 0.3) is 0 Å². The van der Waals surface area contributed by atoms with Gasteiger partial charge in [0, 0.05) is 45.1 Å². The predicted molar refractivity (Wildman–Crippen MR) is 103 cm³/mol. The van der Waals surface area contributed by atoms with Gasteiger partial charge in [0.05, 0.1) is 31.2 Å². The zero-order valence-corrected chi connectivity index (χ0v) is 17.4. The third-order valence-corrected chi connectivity index (χ3v) is 6.14. The van der Waals surface area contributed by atoms with Crippen molar-refractivity contribution in [2.45, 2.75) is 52.1 Å². The topological polar surface area (TPSA) is 90.4 Å². The van der Waals surface area contributed by atoms with E-state index in [0.29, 0.717) is 39.4 Å². The van der Waals surface area contributed by atoms with Crippen molar-refractivity contribution in [3.05, 3.63) is 0 Å². The van der Waals surface area contributed by atoms with Crippen molar-refractivity contribution < 1.29 is 24.2 Å². The van der Waals surface area contributed by atoms with Crippen LogP contribution >= 0.6 is 0 Å². The fourth-order valence-corrected chi connectivity index (χ4v) is 4.84. The Balaban J connectivity index is 1.68. The number of carbonyl (C=O) groups is 3. The summed E-state index contributed by atoms with van der Waals surface area (Å²) in [5.41, 5.74) is -0.775. The Labute approximate surface area is 166 Å². The number of hydrogen-bond donors (Lipinski definition) is 1. The summed E-state index contributed by atoms with van der Waals surface area (Å²) in [6.07, 6.45) is 0.191. The Morgan fingerprint density at radius 3 is 2.39 bits per heavy atom. The van der Waals surface area contributed by atoms with Crippen molar-refractivity contribution in [3.8, 4) is 0 Å². The molecule has 1 unspecified atom stereocenters. The van der Waals surface area contributed by atoms with Crippen LogP contribution in [0, 0.1) is 11.3 Å². The quantitative estimate of drug-likeness (QED) is 0.735. The van der Waals surface area contributed by atoms with Gasteiger partial charge in [0.1, 0.15) is 0 Å². The molecular weight excluding hydrogens is 362 g/mol. The number of morpholine rings is 1. The van der Waals surface area contributed by atoms with Gasteiger partial charge in [-0.3, -0.25) is 19.3 Å². The molecule has 0 aromatic carbocycles. The normalized spacial score (nSPS) is 24.8. The van der Waals surface area contributed by atoms with Crippen molar-refractivity contribution in [1.29, 1.82) is 0 Å². The maximum Gasteiger partial charge on any atom is 0.303 e. The standard InChI is InChI=1S/C20H33N3O5/c1-14(2)18(27)21-9-15-10-28-6-5-23(15)20(11-21)12-22(13-20)16(24)7-19(3,4)8-17(25)26/h14-15H,5-13H2,1-4H3,(H,25,26). The molecule has 3 heterocycles. The summed E-state index contributed by atoms with van der Waals surface area (Å²) in [4.78, 5) is 42.6. The number of hydrogen-bond acceptors (Lipinski definition) is 5. The van der Waals surface area contributed by atoms with E-state index in [1.54, 1.807) is 0 Å². The molecule has 0 aromatic heterocycles. The highest BCUT2D eigenvalue weighted by Gasteiger charge is 2.56. The molecule has 3 aliphatic rings. The number of fused-ring (bicyclic) bond motifs is 2. The van der Waals surface area contributed by atoms with Crippen LogP contribution in [0.4, 0.5) is 0 Å². The summed E-state index contributed by atoms with van der Waals surface area (Å²) in [5, 5.41) is 9.04. The average molecular weight is 396 g/mol. The predicted octanol–water partition coefficient (Wildman–Crippen LogP) is 0.657. The van der Waals surface area contributed by atoms with E-state index in [0.717, 1.165) is 6.54 Å². The molecule has 3 saturated heterocycles. The molecule has 2 amide bonds. The zero-order valence-electron chi connectivity index (χ0n) is 17.4. The highest BCUT2D eigenvalue weighted by Crippen LogP contribution is 2.37. The number of amides is 2. The fraction of sp³-hybridized carbons (Fsp3) is 0.850. The first kappa shape index (κ1) is 21.0. The highest BCUT2D eigenvalue weighted by molar-refractivity contribution is 5.80. The van der Waals surface area contributed by atoms with E-state index in [1.807, 2.05) is 37.5 Å². The van der Waals surface area contributed by atoms with Gasteiger partial charge in [0.2, 0.25) is 11.8 Å². The van der Waals surface area contributed by atoms with Gasteiger partial charge >= 0.3 is 5.97 Å². The summed E-state index contributed by atoms with van der Waals surface area (Å²) in [6.45, 7) is 12.1. The average Bonchev–Trinajstić information content (AvgIpc) is 2.56. The number of ether oxygens (including phenoxy) is 1. The second kappa shape index (κ2) is 7.63. The minimum atomic E-state index is -0.885. The Morgan fingerprint density at radius 2 is 1.79 bits per heavy atom. The fourth-order valence-electron chi connectivity index (χ4n) is 4.84. The molecule has 8 nitrogen and oxygen atoms in total. The minimum absolute atomic E-state index is 0.00556. The van der Waals surface area contributed by atoms with Gasteiger partial charge in [-0.1, -0.05) is 27.7 Å². The first-order valence-corrected chi connectivity index (χ1v) is 10.2. The Hall–Kier alpha value is -1.67. The van der Waals surface area contributed by atoms with Crippen molar-refractivity contribution in [2.75, 3.05) is 45.9 Å². The number of likely N-dealkylation sites (tertiary alicyclic amines) is 1. The van der Waals surface area contributed by atoms with Gasteiger partial charge in [-0.05, 0) is 5.41 Å². The summed E-state index contributed by atoms with van der Waals surface area (Å²) >= 11 is 0. The van der Waals surface area contributed by atoms with Gasteiger partial charge in [0.25, 0.3) is 0 Å². The van der Waals surface area contributed by atoms with E-state index < -0.39 is 11.4 Å². The summed E-state index contributed by atoms with van der Waals surface area (Å²) in [7, 11) is 0. The molecule has 3 aliphatic heterocycles. The Kier molecular flexibility index (Phi) is 5.74. The molecule has 0 saturated carbocycles. The van der Waals surface area contributed by atoms with E-state index in [2.05, 4.69) is 4.90 Å².